The fourth-order valence-corrected chi connectivity index (χ4v) is 3.23. The van der Waals surface area contributed by atoms with Gasteiger partial charge in [0, 0.05) is 18.3 Å². The van der Waals surface area contributed by atoms with Crippen LogP contribution in [0.1, 0.15) is 55.1 Å². The van der Waals surface area contributed by atoms with Crippen LogP contribution in [0, 0.1) is 6.92 Å². The number of hydrogen-bond acceptors (Lipinski definition) is 4. The molecule has 7 heteroatoms. The molecule has 0 aromatic heterocycles. The predicted octanol–water partition coefficient (Wildman–Crippen LogP) is 4.40. The molecule has 1 aromatic carbocycles. The van der Waals surface area contributed by atoms with E-state index in [2.05, 4.69) is 10.1 Å². The number of benzene rings is 1. The lowest BCUT2D eigenvalue weighted by Gasteiger charge is -2.37. The Morgan fingerprint density at radius 3 is 2.31 bits per heavy atom. The number of carbonyl (C=O) groups excluding carboxylic acids is 1. The van der Waals surface area contributed by atoms with Gasteiger partial charge in [0.25, 0.3) is 0 Å². The first-order chi connectivity index (χ1) is 12.3. The number of piperidine rings is 1. The third kappa shape index (κ3) is 5.13. The zero-order valence-electron chi connectivity index (χ0n) is 16.2. The van der Waals surface area contributed by atoms with Crippen molar-refractivity contribution < 1.29 is 22.7 Å². The summed E-state index contributed by atoms with van der Waals surface area (Å²) in [7, 11) is 1.17. The highest BCUT2D eigenvalue weighted by molar-refractivity contribution is 5.93. The van der Waals surface area contributed by atoms with Crippen LogP contribution in [0.4, 0.5) is 18.9 Å². The molecule has 1 aromatic rings. The molecule has 1 N–H and O–H groups in total. The SMILES string of the molecule is CC.CCN(c1cc(C(F)(F)F)cc(C(=O)OC)c1C)C1CCNCC1. The van der Waals surface area contributed by atoms with Gasteiger partial charge in [0.1, 0.15) is 0 Å². The number of esters is 1. The third-order valence-electron chi connectivity index (χ3n) is 4.51. The first-order valence-corrected chi connectivity index (χ1v) is 9.07. The van der Waals surface area contributed by atoms with Crippen LogP contribution in [-0.2, 0) is 10.9 Å². The summed E-state index contributed by atoms with van der Waals surface area (Å²) >= 11 is 0. The molecular weight excluding hydrogens is 345 g/mol. The number of carbonyl (C=O) groups is 1. The van der Waals surface area contributed by atoms with Crippen molar-refractivity contribution in [2.24, 2.45) is 0 Å². The van der Waals surface area contributed by atoms with Crippen LogP contribution in [0.25, 0.3) is 0 Å². The number of ether oxygens (including phenoxy) is 1. The smallest absolute Gasteiger partial charge is 0.416 e. The van der Waals surface area contributed by atoms with Gasteiger partial charge in [-0.25, -0.2) is 4.79 Å². The Morgan fingerprint density at radius 1 is 1.27 bits per heavy atom. The lowest BCUT2D eigenvalue weighted by Crippen LogP contribution is -2.43. The lowest BCUT2D eigenvalue weighted by atomic mass is 9.98. The summed E-state index contributed by atoms with van der Waals surface area (Å²) in [6.07, 6.45) is -2.80. The minimum atomic E-state index is -4.52. The molecular formula is C19H29F3N2O2. The summed E-state index contributed by atoms with van der Waals surface area (Å²) in [6.45, 7) is 9.84. The van der Waals surface area contributed by atoms with Gasteiger partial charge in [-0.3, -0.25) is 0 Å². The molecule has 1 aliphatic rings. The Labute approximate surface area is 153 Å². The van der Waals surface area contributed by atoms with E-state index < -0.39 is 17.7 Å². The molecule has 0 atom stereocenters. The van der Waals surface area contributed by atoms with Gasteiger partial charge in [-0.2, -0.15) is 13.2 Å². The largest absolute Gasteiger partial charge is 0.465 e. The van der Waals surface area contributed by atoms with Crippen molar-refractivity contribution >= 4 is 11.7 Å². The molecule has 26 heavy (non-hydrogen) atoms. The van der Waals surface area contributed by atoms with Crippen LogP contribution < -0.4 is 10.2 Å². The maximum atomic E-state index is 13.3. The molecule has 0 radical (unpaired) electrons. The van der Waals surface area contributed by atoms with Gasteiger partial charge < -0.3 is 15.0 Å². The number of nitrogens with zero attached hydrogens (tertiary/aromatic N) is 1. The third-order valence-corrected chi connectivity index (χ3v) is 4.51. The van der Waals surface area contributed by atoms with Gasteiger partial charge in [0.2, 0.25) is 0 Å². The summed E-state index contributed by atoms with van der Waals surface area (Å²) in [5.74, 6) is -0.749. The lowest BCUT2D eigenvalue weighted by molar-refractivity contribution is -0.137. The molecule has 0 bridgehead atoms. The van der Waals surface area contributed by atoms with E-state index in [0.29, 0.717) is 17.8 Å². The van der Waals surface area contributed by atoms with Crippen LogP contribution in [0.2, 0.25) is 0 Å². The van der Waals surface area contributed by atoms with Gasteiger partial charge in [-0.1, -0.05) is 13.8 Å². The summed E-state index contributed by atoms with van der Waals surface area (Å²) < 4.78 is 44.5. The van der Waals surface area contributed by atoms with Crippen LogP contribution in [0.5, 0.6) is 0 Å². The molecule has 0 unspecified atom stereocenters. The molecule has 1 saturated heterocycles. The maximum absolute atomic E-state index is 13.3. The highest BCUT2D eigenvalue weighted by atomic mass is 19.4. The predicted molar refractivity (Wildman–Crippen MR) is 97.8 cm³/mol. The van der Waals surface area contributed by atoms with Gasteiger partial charge in [0.15, 0.2) is 0 Å². The van der Waals surface area contributed by atoms with Crippen LogP contribution in [0.3, 0.4) is 0 Å². The van der Waals surface area contributed by atoms with E-state index in [4.69, 9.17) is 0 Å². The number of rotatable bonds is 4. The molecule has 1 aliphatic heterocycles. The van der Waals surface area contributed by atoms with Crippen molar-refractivity contribution in [2.45, 2.75) is 52.8 Å². The first kappa shape index (κ1) is 22.3. The van der Waals surface area contributed by atoms with E-state index in [9.17, 15) is 18.0 Å². The van der Waals surface area contributed by atoms with Gasteiger partial charge in [0.05, 0.1) is 18.2 Å². The summed E-state index contributed by atoms with van der Waals surface area (Å²) in [5.41, 5.74) is 0.125. The Balaban J connectivity index is 0.00000163. The molecule has 1 fully saturated rings. The standard InChI is InChI=1S/C17H23F3N2O2.C2H6/c1-4-22(13-5-7-21-8-6-13)15-10-12(17(18,19)20)9-14(11(15)2)16(23)24-3;1-2/h9-10,13,21H,4-8H2,1-3H3;1-2H3. The second-order valence-electron chi connectivity index (χ2n) is 5.92. The van der Waals surface area contributed by atoms with Crippen molar-refractivity contribution in [3.63, 3.8) is 0 Å². The number of alkyl halides is 3. The Hall–Kier alpha value is -1.76. The number of nitrogens with one attached hydrogen (secondary N) is 1. The minimum Gasteiger partial charge on any atom is -0.465 e. The van der Waals surface area contributed by atoms with Gasteiger partial charge in [-0.15, -0.1) is 0 Å². The Morgan fingerprint density at radius 2 is 1.85 bits per heavy atom. The second-order valence-corrected chi connectivity index (χ2v) is 5.92. The molecule has 0 amide bonds. The van der Waals surface area contributed by atoms with Gasteiger partial charge >= 0.3 is 12.1 Å². The molecule has 4 nitrogen and oxygen atoms in total. The highest BCUT2D eigenvalue weighted by Crippen LogP contribution is 2.36. The Kier molecular flexibility index (Phi) is 8.40. The molecule has 0 aliphatic carbocycles. The van der Waals surface area contributed by atoms with Crippen molar-refractivity contribution in [3.8, 4) is 0 Å². The summed E-state index contributed by atoms with van der Waals surface area (Å²) in [6, 6.07) is 2.18. The fraction of sp³-hybridized carbons (Fsp3) is 0.632. The quantitative estimate of drug-likeness (QED) is 0.793. The Bertz CT molecular complexity index is 597. The first-order valence-electron chi connectivity index (χ1n) is 9.07. The zero-order chi connectivity index (χ0) is 19.9. The fourth-order valence-electron chi connectivity index (χ4n) is 3.23. The monoisotopic (exact) mass is 374 g/mol. The van der Waals surface area contributed by atoms with Crippen molar-refractivity contribution in [1.29, 1.82) is 0 Å². The molecule has 1 heterocycles. The highest BCUT2D eigenvalue weighted by Gasteiger charge is 2.34. The van der Waals surface area contributed by atoms with E-state index in [1.807, 2.05) is 25.7 Å². The van der Waals surface area contributed by atoms with E-state index in [-0.39, 0.29) is 11.6 Å². The van der Waals surface area contributed by atoms with Crippen LogP contribution in [-0.4, -0.2) is 38.8 Å². The van der Waals surface area contributed by atoms with Crippen molar-refractivity contribution in [2.75, 3.05) is 31.6 Å². The molecule has 148 valence electrons. The maximum Gasteiger partial charge on any atom is 0.416 e. The topological polar surface area (TPSA) is 41.6 Å². The number of anilines is 1. The molecule has 2 rings (SSSR count). The minimum absolute atomic E-state index is 0.0327. The summed E-state index contributed by atoms with van der Waals surface area (Å²) in [5, 5.41) is 3.25. The molecule has 0 spiro atoms. The van der Waals surface area contributed by atoms with Crippen molar-refractivity contribution in [3.05, 3.63) is 28.8 Å². The average molecular weight is 374 g/mol. The van der Waals surface area contributed by atoms with E-state index in [1.54, 1.807) is 6.92 Å². The summed E-state index contributed by atoms with van der Waals surface area (Å²) in [4.78, 5) is 13.9. The number of hydrogen-bond donors (Lipinski definition) is 1. The van der Waals surface area contributed by atoms with E-state index in [0.717, 1.165) is 38.1 Å². The molecule has 0 saturated carbocycles. The number of halogens is 3. The van der Waals surface area contributed by atoms with Crippen LogP contribution in [0.15, 0.2) is 12.1 Å². The normalized spacial score (nSPS) is 15.1. The van der Waals surface area contributed by atoms with Gasteiger partial charge in [-0.05, 0) is 57.5 Å². The average Bonchev–Trinajstić information content (AvgIpc) is 2.64. The van der Waals surface area contributed by atoms with E-state index >= 15 is 0 Å². The van der Waals surface area contributed by atoms with E-state index in [1.165, 1.54) is 7.11 Å². The number of methoxy groups -OCH3 is 1. The van der Waals surface area contributed by atoms with Crippen molar-refractivity contribution in [1.82, 2.24) is 5.32 Å². The second kappa shape index (κ2) is 9.80. The zero-order valence-corrected chi connectivity index (χ0v) is 16.2. The van der Waals surface area contributed by atoms with Crippen LogP contribution >= 0.6 is 0 Å².